The van der Waals surface area contributed by atoms with Gasteiger partial charge in [-0.05, 0) is 67.5 Å². The van der Waals surface area contributed by atoms with Crippen molar-refractivity contribution in [2.45, 2.75) is 40.2 Å². The van der Waals surface area contributed by atoms with Crippen molar-refractivity contribution in [2.75, 3.05) is 0 Å². The molecule has 0 amide bonds. The van der Waals surface area contributed by atoms with Crippen LogP contribution < -0.4 is 0 Å². The summed E-state index contributed by atoms with van der Waals surface area (Å²) in [5.41, 5.74) is 6.87. The zero-order valence-corrected chi connectivity index (χ0v) is 12.2. The summed E-state index contributed by atoms with van der Waals surface area (Å²) in [7, 11) is 0. The highest BCUT2D eigenvalue weighted by Crippen LogP contribution is 2.33. The van der Waals surface area contributed by atoms with Gasteiger partial charge in [-0.1, -0.05) is 36.4 Å². The summed E-state index contributed by atoms with van der Waals surface area (Å²) in [6.45, 7) is 8.35. The van der Waals surface area contributed by atoms with Gasteiger partial charge in [-0.25, -0.2) is 0 Å². The van der Waals surface area contributed by atoms with Crippen LogP contribution in [0.3, 0.4) is 0 Å². The highest BCUT2D eigenvalue weighted by Gasteiger charge is 2.18. The predicted molar refractivity (Wildman–Crippen MR) is 81.1 cm³/mol. The van der Waals surface area contributed by atoms with Crippen molar-refractivity contribution >= 4 is 0 Å². The molecule has 1 unspecified atom stereocenters. The van der Waals surface area contributed by atoms with E-state index in [1.165, 1.54) is 22.3 Å². The van der Waals surface area contributed by atoms with Gasteiger partial charge in [0.25, 0.3) is 0 Å². The first-order chi connectivity index (χ1) is 9.02. The maximum absolute atomic E-state index is 10.7. The van der Waals surface area contributed by atoms with E-state index in [4.69, 9.17) is 0 Å². The molecule has 1 N–H and O–H groups in total. The first kappa shape index (κ1) is 13.8. The highest BCUT2D eigenvalue weighted by atomic mass is 16.3. The maximum atomic E-state index is 10.7. The van der Waals surface area contributed by atoms with E-state index in [0.717, 1.165) is 17.6 Å². The summed E-state index contributed by atoms with van der Waals surface area (Å²) in [5, 5.41) is 10.7. The Kier molecular flexibility index (Phi) is 4.06. The first-order valence-electron chi connectivity index (χ1n) is 6.81. The number of aliphatic hydroxyl groups is 1. The Morgan fingerprint density at radius 2 is 1.84 bits per heavy atom. The molecule has 0 fully saturated rings. The maximum Gasteiger partial charge on any atom is 0.104 e. The standard InChI is InChI=1S/C18H22O/c1-12-8-5-6-10-16(14(12)3)18(19)17-11-7-9-13(2)15(17)4/h5,7-11,18-19H,6H2,1-4H3. The second-order valence-corrected chi connectivity index (χ2v) is 5.30. The van der Waals surface area contributed by atoms with E-state index < -0.39 is 6.10 Å². The van der Waals surface area contributed by atoms with Crippen LogP contribution in [0.25, 0.3) is 0 Å². The highest BCUT2D eigenvalue weighted by molar-refractivity contribution is 5.47. The fourth-order valence-electron chi connectivity index (χ4n) is 2.50. The molecule has 0 spiro atoms. The predicted octanol–water partition coefficient (Wildman–Crippen LogP) is 4.56. The first-order valence-corrected chi connectivity index (χ1v) is 6.81. The average molecular weight is 254 g/mol. The van der Waals surface area contributed by atoms with Crippen molar-refractivity contribution < 1.29 is 5.11 Å². The second kappa shape index (κ2) is 5.58. The number of aryl methyl sites for hydroxylation is 1. The normalized spacial score (nSPS) is 17.2. The SMILES string of the molecule is CC1=C(C)C(C(O)c2cccc(C)c2C)=CCC=C1. The third kappa shape index (κ3) is 2.71. The summed E-state index contributed by atoms with van der Waals surface area (Å²) in [6.07, 6.45) is 6.76. The third-order valence-electron chi connectivity index (χ3n) is 4.10. The molecule has 1 aromatic carbocycles. The Labute approximate surface area is 116 Å². The second-order valence-electron chi connectivity index (χ2n) is 5.30. The van der Waals surface area contributed by atoms with E-state index in [1.807, 2.05) is 12.1 Å². The molecule has 1 aliphatic carbocycles. The molecule has 0 bridgehead atoms. The fourth-order valence-corrected chi connectivity index (χ4v) is 2.50. The van der Waals surface area contributed by atoms with Gasteiger partial charge in [-0.3, -0.25) is 0 Å². The summed E-state index contributed by atoms with van der Waals surface area (Å²) < 4.78 is 0. The van der Waals surface area contributed by atoms with Crippen LogP contribution in [0.15, 0.2) is 53.1 Å². The molecule has 1 aromatic rings. The van der Waals surface area contributed by atoms with Crippen molar-refractivity contribution in [3.05, 3.63) is 69.8 Å². The topological polar surface area (TPSA) is 20.2 Å². The van der Waals surface area contributed by atoms with E-state index in [2.05, 4.69) is 52.0 Å². The van der Waals surface area contributed by atoms with E-state index in [0.29, 0.717) is 0 Å². The average Bonchev–Trinajstić information content (AvgIpc) is 2.55. The molecule has 1 nitrogen and oxygen atoms in total. The number of benzene rings is 1. The quantitative estimate of drug-likeness (QED) is 0.820. The van der Waals surface area contributed by atoms with E-state index in [1.54, 1.807) is 0 Å². The van der Waals surface area contributed by atoms with Crippen LogP contribution in [0, 0.1) is 13.8 Å². The molecule has 100 valence electrons. The molecule has 1 atom stereocenters. The summed E-state index contributed by atoms with van der Waals surface area (Å²) in [4.78, 5) is 0. The van der Waals surface area contributed by atoms with Gasteiger partial charge in [0.15, 0.2) is 0 Å². The molecule has 0 radical (unpaired) electrons. The molecule has 0 saturated carbocycles. The summed E-state index contributed by atoms with van der Waals surface area (Å²) in [6, 6.07) is 6.12. The molecule has 0 heterocycles. The molecular formula is C18H22O. The van der Waals surface area contributed by atoms with Gasteiger partial charge in [0.05, 0.1) is 0 Å². The Morgan fingerprint density at radius 3 is 2.58 bits per heavy atom. The van der Waals surface area contributed by atoms with Crippen LogP contribution >= 0.6 is 0 Å². The summed E-state index contributed by atoms with van der Waals surface area (Å²) in [5.74, 6) is 0. The van der Waals surface area contributed by atoms with Crippen molar-refractivity contribution in [2.24, 2.45) is 0 Å². The Bertz CT molecular complexity index is 573. The Balaban J connectivity index is 2.45. The lowest BCUT2D eigenvalue weighted by atomic mass is 9.90. The van der Waals surface area contributed by atoms with Crippen LogP contribution in [-0.4, -0.2) is 5.11 Å². The largest absolute Gasteiger partial charge is 0.384 e. The fraction of sp³-hybridized carbons (Fsp3) is 0.333. The minimum absolute atomic E-state index is 0.533. The van der Waals surface area contributed by atoms with Gasteiger partial charge in [0.1, 0.15) is 6.10 Å². The van der Waals surface area contributed by atoms with Crippen LogP contribution in [0.5, 0.6) is 0 Å². The zero-order chi connectivity index (χ0) is 14.0. The van der Waals surface area contributed by atoms with Crippen LogP contribution in [0.2, 0.25) is 0 Å². The molecule has 2 rings (SSSR count). The molecule has 1 aliphatic rings. The molecule has 19 heavy (non-hydrogen) atoms. The lowest BCUT2D eigenvalue weighted by Crippen LogP contribution is -2.06. The van der Waals surface area contributed by atoms with E-state index in [9.17, 15) is 5.11 Å². The number of hydrogen-bond acceptors (Lipinski definition) is 1. The van der Waals surface area contributed by atoms with Gasteiger partial charge in [0, 0.05) is 0 Å². The van der Waals surface area contributed by atoms with Crippen LogP contribution in [0.1, 0.15) is 43.1 Å². The molecule has 0 aromatic heterocycles. The van der Waals surface area contributed by atoms with Gasteiger partial charge >= 0.3 is 0 Å². The van der Waals surface area contributed by atoms with Crippen molar-refractivity contribution in [3.63, 3.8) is 0 Å². The Morgan fingerprint density at radius 1 is 1.11 bits per heavy atom. The Hall–Kier alpha value is -1.60. The van der Waals surface area contributed by atoms with Gasteiger partial charge in [0.2, 0.25) is 0 Å². The summed E-state index contributed by atoms with van der Waals surface area (Å²) >= 11 is 0. The lowest BCUT2D eigenvalue weighted by Gasteiger charge is -2.20. The number of allylic oxidation sites excluding steroid dienone is 4. The van der Waals surface area contributed by atoms with Gasteiger partial charge in [-0.15, -0.1) is 0 Å². The van der Waals surface area contributed by atoms with Crippen molar-refractivity contribution in [3.8, 4) is 0 Å². The van der Waals surface area contributed by atoms with Crippen molar-refractivity contribution in [1.29, 1.82) is 0 Å². The lowest BCUT2D eigenvalue weighted by molar-refractivity contribution is 0.216. The monoisotopic (exact) mass is 254 g/mol. The van der Waals surface area contributed by atoms with E-state index in [-0.39, 0.29) is 0 Å². The minimum atomic E-state index is -0.533. The van der Waals surface area contributed by atoms with Crippen LogP contribution in [0.4, 0.5) is 0 Å². The minimum Gasteiger partial charge on any atom is -0.384 e. The molecule has 1 heteroatoms. The van der Waals surface area contributed by atoms with E-state index >= 15 is 0 Å². The zero-order valence-electron chi connectivity index (χ0n) is 12.2. The smallest absolute Gasteiger partial charge is 0.104 e. The third-order valence-corrected chi connectivity index (χ3v) is 4.10. The number of aliphatic hydroxyl groups excluding tert-OH is 1. The molecule has 0 saturated heterocycles. The van der Waals surface area contributed by atoms with Crippen LogP contribution in [-0.2, 0) is 0 Å². The molecule has 0 aliphatic heterocycles. The van der Waals surface area contributed by atoms with Gasteiger partial charge in [-0.2, -0.15) is 0 Å². The van der Waals surface area contributed by atoms with Gasteiger partial charge < -0.3 is 5.11 Å². The molecular weight excluding hydrogens is 232 g/mol. The van der Waals surface area contributed by atoms with Crippen molar-refractivity contribution in [1.82, 2.24) is 0 Å². The number of hydrogen-bond donors (Lipinski definition) is 1. The number of rotatable bonds is 2.